The van der Waals surface area contributed by atoms with E-state index in [1.807, 2.05) is 13.8 Å². The number of hydrogen-bond acceptors (Lipinski definition) is 3. The zero-order valence-corrected chi connectivity index (χ0v) is 13.2. The van der Waals surface area contributed by atoms with E-state index < -0.39 is 11.5 Å². The topological polar surface area (TPSA) is 66.4 Å². The lowest BCUT2D eigenvalue weighted by Crippen LogP contribution is -2.49. The van der Waals surface area contributed by atoms with Crippen molar-refractivity contribution in [2.45, 2.75) is 43.5 Å². The lowest BCUT2D eigenvalue weighted by Gasteiger charge is -2.31. The molecule has 0 saturated carbocycles. The molecule has 0 aliphatic carbocycles. The third kappa shape index (κ3) is 4.46. The minimum absolute atomic E-state index is 0.137. The van der Waals surface area contributed by atoms with Gasteiger partial charge in [-0.2, -0.15) is 0 Å². The average Bonchev–Trinajstić information content (AvgIpc) is 2.46. The van der Waals surface area contributed by atoms with E-state index in [0.29, 0.717) is 23.3 Å². The first-order chi connectivity index (χ1) is 9.87. The van der Waals surface area contributed by atoms with Crippen molar-refractivity contribution >= 4 is 23.6 Å². The second-order valence-corrected chi connectivity index (χ2v) is 5.71. The van der Waals surface area contributed by atoms with E-state index in [-0.39, 0.29) is 18.1 Å². The van der Waals surface area contributed by atoms with Crippen LogP contribution in [0.3, 0.4) is 0 Å². The number of halogens is 1. The van der Waals surface area contributed by atoms with Gasteiger partial charge in [-0.1, -0.05) is 13.8 Å². The van der Waals surface area contributed by atoms with Crippen LogP contribution in [0.25, 0.3) is 0 Å². The summed E-state index contributed by atoms with van der Waals surface area (Å²) in [6.07, 6.45) is 2.62. The van der Waals surface area contributed by atoms with E-state index in [1.165, 1.54) is 30.0 Å². The average molecular weight is 313 g/mol. The molecule has 1 aromatic rings. The molecule has 0 atom stereocenters. The molecule has 0 bridgehead atoms. The highest BCUT2D eigenvalue weighted by Gasteiger charge is 2.31. The Balaban J connectivity index is 2.99. The molecule has 1 amide bonds. The van der Waals surface area contributed by atoms with E-state index in [4.69, 9.17) is 5.11 Å². The van der Waals surface area contributed by atoms with E-state index in [0.717, 1.165) is 0 Å². The Morgan fingerprint density at radius 1 is 1.33 bits per heavy atom. The highest BCUT2D eigenvalue weighted by Crippen LogP contribution is 2.23. The Labute approximate surface area is 128 Å². The molecule has 21 heavy (non-hydrogen) atoms. The summed E-state index contributed by atoms with van der Waals surface area (Å²) in [7, 11) is 0. The second-order valence-electron chi connectivity index (χ2n) is 4.86. The second kappa shape index (κ2) is 7.45. The molecule has 0 saturated heterocycles. The molecule has 1 rings (SSSR count). The molecule has 0 spiro atoms. The van der Waals surface area contributed by atoms with Crippen molar-refractivity contribution in [1.29, 1.82) is 0 Å². The molecule has 0 aromatic heterocycles. The molecular weight excluding hydrogens is 293 g/mol. The van der Waals surface area contributed by atoms with Crippen LogP contribution >= 0.6 is 11.8 Å². The van der Waals surface area contributed by atoms with Crippen LogP contribution in [0.4, 0.5) is 4.39 Å². The lowest BCUT2D eigenvalue weighted by molar-refractivity contribution is -0.138. The number of aliphatic carboxylic acids is 1. The van der Waals surface area contributed by atoms with Crippen LogP contribution < -0.4 is 5.32 Å². The Kier molecular flexibility index (Phi) is 6.20. The summed E-state index contributed by atoms with van der Waals surface area (Å²) in [6, 6.07) is 4.13. The Bertz CT molecular complexity index is 530. The molecule has 0 aliphatic rings. The summed E-state index contributed by atoms with van der Waals surface area (Å²) in [6.45, 7) is 3.68. The third-order valence-electron chi connectivity index (χ3n) is 3.64. The van der Waals surface area contributed by atoms with Crippen LogP contribution in [0.5, 0.6) is 0 Å². The van der Waals surface area contributed by atoms with Crippen molar-refractivity contribution in [3.05, 3.63) is 29.6 Å². The molecule has 2 N–H and O–H groups in total. The largest absolute Gasteiger partial charge is 0.481 e. The first-order valence-corrected chi connectivity index (χ1v) is 7.97. The van der Waals surface area contributed by atoms with Gasteiger partial charge in [-0.3, -0.25) is 9.59 Å². The smallest absolute Gasteiger partial charge is 0.305 e. The first-order valence-electron chi connectivity index (χ1n) is 6.75. The Morgan fingerprint density at radius 3 is 2.43 bits per heavy atom. The van der Waals surface area contributed by atoms with Crippen molar-refractivity contribution < 1.29 is 19.1 Å². The maximum atomic E-state index is 13.4. The normalized spacial score (nSPS) is 11.2. The van der Waals surface area contributed by atoms with Crippen molar-refractivity contribution in [3.8, 4) is 0 Å². The van der Waals surface area contributed by atoms with Crippen LogP contribution in [-0.4, -0.2) is 28.8 Å². The summed E-state index contributed by atoms with van der Waals surface area (Å²) < 4.78 is 13.4. The predicted molar refractivity (Wildman–Crippen MR) is 81.2 cm³/mol. The fourth-order valence-electron chi connectivity index (χ4n) is 2.12. The molecule has 6 heteroatoms. The number of carboxylic acids is 1. The number of carbonyl (C=O) groups excluding carboxylic acids is 1. The molecule has 4 nitrogen and oxygen atoms in total. The summed E-state index contributed by atoms with van der Waals surface area (Å²) in [5, 5.41) is 11.8. The van der Waals surface area contributed by atoms with Gasteiger partial charge in [0, 0.05) is 10.5 Å². The Morgan fingerprint density at radius 2 is 1.95 bits per heavy atom. The Hall–Kier alpha value is -1.56. The van der Waals surface area contributed by atoms with Crippen LogP contribution in [0.15, 0.2) is 23.1 Å². The number of carbonyl (C=O) groups is 2. The van der Waals surface area contributed by atoms with Crippen LogP contribution in [-0.2, 0) is 4.79 Å². The van der Waals surface area contributed by atoms with Gasteiger partial charge in [-0.15, -0.1) is 11.8 Å². The summed E-state index contributed by atoms with van der Waals surface area (Å²) >= 11 is 1.22. The van der Waals surface area contributed by atoms with Gasteiger partial charge in [0.25, 0.3) is 5.91 Å². The number of benzene rings is 1. The third-order valence-corrected chi connectivity index (χ3v) is 4.39. The molecule has 0 aliphatic heterocycles. The van der Waals surface area contributed by atoms with Gasteiger partial charge < -0.3 is 10.4 Å². The molecule has 0 heterocycles. The lowest BCUT2D eigenvalue weighted by atomic mass is 9.88. The van der Waals surface area contributed by atoms with Gasteiger partial charge in [-0.05, 0) is 37.3 Å². The zero-order valence-electron chi connectivity index (χ0n) is 12.4. The molecule has 0 fully saturated rings. The standard InChI is InChI=1S/C15H20FNO3S/c1-4-15(5-2,9-13(18)19)17-14(20)10-6-7-11(16)12(8-10)21-3/h6-8H,4-5,9H2,1-3H3,(H,17,20)(H,18,19). The van der Waals surface area contributed by atoms with Crippen molar-refractivity contribution in [2.75, 3.05) is 6.26 Å². The summed E-state index contributed by atoms with van der Waals surface area (Å²) in [5.74, 6) is -1.71. The van der Waals surface area contributed by atoms with Gasteiger partial charge in [0.1, 0.15) is 5.82 Å². The number of nitrogens with one attached hydrogen (secondary N) is 1. The zero-order chi connectivity index (χ0) is 16.0. The highest BCUT2D eigenvalue weighted by atomic mass is 32.2. The number of rotatable bonds is 7. The molecule has 1 aromatic carbocycles. The SMILES string of the molecule is CCC(CC)(CC(=O)O)NC(=O)c1ccc(F)c(SC)c1. The maximum Gasteiger partial charge on any atom is 0.305 e. The number of thioether (sulfide) groups is 1. The van der Waals surface area contributed by atoms with Gasteiger partial charge >= 0.3 is 5.97 Å². The monoisotopic (exact) mass is 313 g/mol. The van der Waals surface area contributed by atoms with Crippen molar-refractivity contribution in [2.24, 2.45) is 0 Å². The minimum atomic E-state index is -0.956. The number of carboxylic acid groups (broad SMARTS) is 1. The van der Waals surface area contributed by atoms with Gasteiger partial charge in [0.05, 0.1) is 12.0 Å². The molecule has 116 valence electrons. The summed E-state index contributed by atoms with van der Waals surface area (Å²) in [5.41, 5.74) is -0.450. The molecule has 0 radical (unpaired) electrons. The molecular formula is C15H20FNO3S. The number of hydrogen-bond donors (Lipinski definition) is 2. The fourth-order valence-corrected chi connectivity index (χ4v) is 2.63. The van der Waals surface area contributed by atoms with Crippen LogP contribution in [0, 0.1) is 5.82 Å². The quantitative estimate of drug-likeness (QED) is 0.758. The van der Waals surface area contributed by atoms with E-state index in [9.17, 15) is 14.0 Å². The maximum absolute atomic E-state index is 13.4. The predicted octanol–water partition coefficient (Wildman–Crippen LogP) is 3.31. The van der Waals surface area contributed by atoms with Crippen LogP contribution in [0.2, 0.25) is 0 Å². The van der Waals surface area contributed by atoms with Crippen molar-refractivity contribution in [3.63, 3.8) is 0 Å². The van der Waals surface area contributed by atoms with Crippen LogP contribution in [0.1, 0.15) is 43.5 Å². The first kappa shape index (κ1) is 17.5. The minimum Gasteiger partial charge on any atom is -0.481 e. The van der Waals surface area contributed by atoms with Gasteiger partial charge in [0.15, 0.2) is 0 Å². The fraction of sp³-hybridized carbons (Fsp3) is 0.467. The molecule has 0 unspecified atom stereocenters. The number of amides is 1. The van der Waals surface area contributed by atoms with Gasteiger partial charge in [0.2, 0.25) is 0 Å². The van der Waals surface area contributed by atoms with E-state index >= 15 is 0 Å². The highest BCUT2D eigenvalue weighted by molar-refractivity contribution is 7.98. The van der Waals surface area contributed by atoms with Gasteiger partial charge in [-0.25, -0.2) is 4.39 Å². The van der Waals surface area contributed by atoms with E-state index in [2.05, 4.69) is 5.32 Å². The van der Waals surface area contributed by atoms with E-state index in [1.54, 1.807) is 6.26 Å². The van der Waals surface area contributed by atoms with Crippen molar-refractivity contribution in [1.82, 2.24) is 5.32 Å². The summed E-state index contributed by atoms with van der Waals surface area (Å²) in [4.78, 5) is 23.7.